The van der Waals surface area contributed by atoms with Crippen LogP contribution >= 0.6 is 0 Å². The van der Waals surface area contributed by atoms with Gasteiger partial charge in [0, 0.05) is 0 Å². The Bertz CT molecular complexity index is 2140. The van der Waals surface area contributed by atoms with Crippen molar-refractivity contribution in [3.05, 3.63) is 140 Å². The van der Waals surface area contributed by atoms with Crippen molar-refractivity contribution in [2.45, 2.75) is 0 Å². The molecule has 0 bridgehead atoms. The molecule has 0 saturated carbocycles. The summed E-state index contributed by atoms with van der Waals surface area (Å²) in [6.07, 6.45) is 0. The summed E-state index contributed by atoms with van der Waals surface area (Å²) in [6, 6.07) is 49.2. The third-order valence-corrected chi connectivity index (χ3v) is 10.7. The van der Waals surface area contributed by atoms with Gasteiger partial charge in [-0.3, -0.25) is 0 Å². The molecule has 0 fully saturated rings. The van der Waals surface area contributed by atoms with Gasteiger partial charge in [-0.2, -0.15) is 0 Å². The van der Waals surface area contributed by atoms with Gasteiger partial charge >= 0.3 is 236 Å². The molecular weight excluding hydrogens is 614 g/mol. The van der Waals surface area contributed by atoms with Gasteiger partial charge in [0.15, 0.2) is 0 Å². The van der Waals surface area contributed by atoms with E-state index in [1.165, 1.54) is 34.1 Å². The Morgan fingerprint density at radius 1 is 0.366 bits per heavy atom. The fraction of sp³-hybridized carbons (Fsp3) is 0. The van der Waals surface area contributed by atoms with Crippen LogP contribution in [0.4, 0.5) is 0 Å². The van der Waals surface area contributed by atoms with E-state index in [0.29, 0.717) is 17.5 Å². The SMILES string of the molecule is c1ccc(-c2nc(-c3ccccc3)nc(-c3cc(-c4ccc5c(c4)[te]c4ccccc45)cc4ccccc34)n2)cc1. The second kappa shape index (κ2) is 10.1. The molecule has 8 aromatic rings. The molecule has 8 rings (SSSR count). The molecule has 0 unspecified atom stereocenters. The Balaban J connectivity index is 1.36. The van der Waals surface area contributed by atoms with Crippen LogP contribution in [-0.2, 0) is 0 Å². The summed E-state index contributed by atoms with van der Waals surface area (Å²) < 4.78 is 3.03. The summed E-state index contributed by atoms with van der Waals surface area (Å²) in [5, 5.41) is 5.10. The van der Waals surface area contributed by atoms with E-state index < -0.39 is 20.4 Å². The summed E-state index contributed by atoms with van der Waals surface area (Å²) in [5.41, 5.74) is 5.35. The summed E-state index contributed by atoms with van der Waals surface area (Å²) in [4.78, 5) is 15.0. The number of nitrogens with zero attached hydrogens (tertiary/aromatic N) is 3. The fourth-order valence-corrected chi connectivity index (χ4v) is 8.77. The quantitative estimate of drug-likeness (QED) is 0.181. The van der Waals surface area contributed by atoms with Crippen LogP contribution in [-0.4, -0.2) is 35.4 Å². The molecule has 0 amide bonds. The maximum atomic E-state index is 5.05. The van der Waals surface area contributed by atoms with Crippen LogP contribution in [0.3, 0.4) is 0 Å². The van der Waals surface area contributed by atoms with Crippen molar-refractivity contribution in [1.29, 1.82) is 0 Å². The summed E-state index contributed by atoms with van der Waals surface area (Å²) in [5.74, 6) is 2.02. The van der Waals surface area contributed by atoms with Crippen LogP contribution in [0.1, 0.15) is 0 Å². The molecule has 3 nitrogen and oxygen atoms in total. The molecule has 41 heavy (non-hydrogen) atoms. The molecule has 0 saturated heterocycles. The van der Waals surface area contributed by atoms with Crippen LogP contribution in [0.15, 0.2) is 140 Å². The van der Waals surface area contributed by atoms with Gasteiger partial charge in [0.1, 0.15) is 0 Å². The van der Waals surface area contributed by atoms with Crippen molar-refractivity contribution in [2.75, 3.05) is 0 Å². The molecule has 2 aromatic heterocycles. The van der Waals surface area contributed by atoms with Crippen molar-refractivity contribution in [3.8, 4) is 45.3 Å². The average molecular weight is 637 g/mol. The molecule has 0 aliphatic carbocycles. The van der Waals surface area contributed by atoms with Crippen LogP contribution in [0, 0.1) is 0 Å². The first-order valence-electron chi connectivity index (χ1n) is 13.6. The van der Waals surface area contributed by atoms with Crippen molar-refractivity contribution in [2.24, 2.45) is 0 Å². The molecule has 0 atom stereocenters. The van der Waals surface area contributed by atoms with Gasteiger partial charge in [-0.15, -0.1) is 0 Å². The van der Waals surface area contributed by atoms with Gasteiger partial charge in [0.2, 0.25) is 0 Å². The molecule has 2 heterocycles. The molecule has 0 N–H and O–H groups in total. The Morgan fingerprint density at radius 2 is 0.951 bits per heavy atom. The second-order valence-corrected chi connectivity index (χ2v) is 13.2. The van der Waals surface area contributed by atoms with E-state index in [4.69, 9.17) is 15.0 Å². The molecule has 192 valence electrons. The first kappa shape index (κ1) is 24.2. The van der Waals surface area contributed by atoms with Crippen LogP contribution in [0.5, 0.6) is 0 Å². The summed E-state index contributed by atoms with van der Waals surface area (Å²) >= 11 is -0.398. The number of hydrogen-bond donors (Lipinski definition) is 0. The molecule has 0 spiro atoms. The van der Waals surface area contributed by atoms with E-state index >= 15 is 0 Å². The van der Waals surface area contributed by atoms with Crippen molar-refractivity contribution >= 4 is 48.8 Å². The Labute approximate surface area is 247 Å². The number of benzene rings is 6. The molecule has 0 radical (unpaired) electrons. The van der Waals surface area contributed by atoms with E-state index in [1.807, 2.05) is 36.4 Å². The second-order valence-electron chi connectivity index (χ2n) is 10.1. The van der Waals surface area contributed by atoms with Crippen molar-refractivity contribution in [3.63, 3.8) is 0 Å². The van der Waals surface area contributed by atoms with E-state index in [2.05, 4.69) is 103 Å². The van der Waals surface area contributed by atoms with E-state index in [0.717, 1.165) is 22.1 Å². The van der Waals surface area contributed by atoms with E-state index in [1.54, 1.807) is 0 Å². The summed E-state index contributed by atoms with van der Waals surface area (Å²) in [6.45, 7) is 0. The van der Waals surface area contributed by atoms with Crippen LogP contribution in [0.2, 0.25) is 0 Å². The standard InChI is InChI=1S/C37H23N3Te/c1-3-11-24(12-4-1)35-38-36(25-13-5-2-6-14-25)40-37(39-35)32-22-28(21-27-15-7-8-16-29(27)32)26-19-20-31-30-17-9-10-18-33(30)41-34(31)23-26/h1-23H. The number of fused-ring (bicyclic) bond motifs is 4. The average Bonchev–Trinajstić information content (AvgIpc) is 3.43. The van der Waals surface area contributed by atoms with Crippen LogP contribution in [0.25, 0.3) is 73.6 Å². The number of hydrogen-bond acceptors (Lipinski definition) is 3. The van der Waals surface area contributed by atoms with Crippen molar-refractivity contribution in [1.82, 2.24) is 15.0 Å². The molecule has 0 aliphatic rings. The minimum absolute atomic E-state index is 0.398. The third kappa shape index (κ3) is 4.43. The minimum atomic E-state index is -0.398. The Hall–Kier alpha value is -4.62. The maximum absolute atomic E-state index is 5.05. The van der Waals surface area contributed by atoms with Gasteiger partial charge in [-0.25, -0.2) is 0 Å². The van der Waals surface area contributed by atoms with Gasteiger partial charge in [-0.1, -0.05) is 12.1 Å². The molecule has 4 heteroatoms. The monoisotopic (exact) mass is 639 g/mol. The first-order valence-corrected chi connectivity index (χ1v) is 15.9. The van der Waals surface area contributed by atoms with E-state index in [-0.39, 0.29) is 0 Å². The molecule has 0 aliphatic heterocycles. The van der Waals surface area contributed by atoms with Gasteiger partial charge in [0.25, 0.3) is 0 Å². The zero-order valence-corrected chi connectivity index (χ0v) is 24.4. The topological polar surface area (TPSA) is 38.7 Å². The Kier molecular flexibility index (Phi) is 5.95. The molecule has 6 aromatic carbocycles. The zero-order chi connectivity index (χ0) is 27.2. The van der Waals surface area contributed by atoms with Gasteiger partial charge in [-0.05, 0) is 0 Å². The zero-order valence-electron chi connectivity index (χ0n) is 22.0. The first-order chi connectivity index (χ1) is 20.3. The van der Waals surface area contributed by atoms with Crippen LogP contribution < -0.4 is 0 Å². The normalized spacial score (nSPS) is 11.4. The van der Waals surface area contributed by atoms with Gasteiger partial charge < -0.3 is 0 Å². The fourth-order valence-electron chi connectivity index (χ4n) is 5.50. The Morgan fingerprint density at radius 3 is 1.68 bits per heavy atom. The third-order valence-electron chi connectivity index (χ3n) is 7.51. The van der Waals surface area contributed by atoms with E-state index in [9.17, 15) is 0 Å². The number of aromatic nitrogens is 3. The predicted molar refractivity (Wildman–Crippen MR) is 171 cm³/mol. The predicted octanol–water partition coefficient (Wildman–Crippen LogP) is 9.06. The molecular formula is C37H23N3Te. The van der Waals surface area contributed by atoms with Gasteiger partial charge in [0.05, 0.1) is 0 Å². The number of rotatable bonds is 4. The van der Waals surface area contributed by atoms with Crippen molar-refractivity contribution < 1.29 is 0 Å². The summed E-state index contributed by atoms with van der Waals surface area (Å²) in [7, 11) is 0.